The molecule has 144 valence electrons. The van der Waals surface area contributed by atoms with E-state index >= 15 is 0 Å². The van der Waals surface area contributed by atoms with Gasteiger partial charge in [0, 0.05) is 48.9 Å². The predicted octanol–water partition coefficient (Wildman–Crippen LogP) is 3.08. The number of amides is 1. The summed E-state index contributed by atoms with van der Waals surface area (Å²) in [6, 6.07) is 3.85. The van der Waals surface area contributed by atoms with Crippen molar-refractivity contribution in [2.24, 2.45) is 5.92 Å². The van der Waals surface area contributed by atoms with E-state index in [1.807, 2.05) is 17.0 Å². The molecular formula is C20H31N3O2S. The van der Waals surface area contributed by atoms with Gasteiger partial charge in [-0.3, -0.25) is 9.00 Å². The third kappa shape index (κ3) is 3.80. The number of pyridine rings is 1. The Morgan fingerprint density at radius 3 is 2.50 bits per heavy atom. The lowest BCUT2D eigenvalue weighted by Gasteiger charge is -2.41. The van der Waals surface area contributed by atoms with Crippen molar-refractivity contribution in [2.45, 2.75) is 51.2 Å². The number of piperidine rings is 1. The molecule has 1 atom stereocenters. The molecule has 2 saturated heterocycles. The van der Waals surface area contributed by atoms with Gasteiger partial charge in [-0.2, -0.15) is 0 Å². The number of likely N-dealkylation sites (tertiary alicyclic amines) is 1. The van der Waals surface area contributed by atoms with E-state index in [0.717, 1.165) is 57.7 Å². The molecule has 5 nitrogen and oxygen atoms in total. The molecule has 0 radical (unpaired) electrons. The summed E-state index contributed by atoms with van der Waals surface area (Å²) >= 11 is 0. The minimum Gasteiger partial charge on any atom is -0.354 e. The van der Waals surface area contributed by atoms with E-state index in [9.17, 15) is 9.00 Å². The highest BCUT2D eigenvalue weighted by Crippen LogP contribution is 2.30. The van der Waals surface area contributed by atoms with Crippen LogP contribution in [0.25, 0.3) is 0 Å². The molecule has 1 aromatic heterocycles. The van der Waals surface area contributed by atoms with Gasteiger partial charge in [0.25, 0.3) is 5.91 Å². The fourth-order valence-electron chi connectivity index (χ4n) is 3.99. The molecular weight excluding hydrogens is 346 g/mol. The molecule has 1 aromatic rings. The number of anilines is 1. The molecule has 0 spiro atoms. The van der Waals surface area contributed by atoms with Crippen molar-refractivity contribution in [3.63, 3.8) is 0 Å². The number of nitrogens with zero attached hydrogens (tertiary/aromatic N) is 3. The topological polar surface area (TPSA) is 53.5 Å². The van der Waals surface area contributed by atoms with Gasteiger partial charge in [-0.25, -0.2) is 4.98 Å². The quantitative estimate of drug-likeness (QED) is 0.809. The average molecular weight is 378 g/mol. The zero-order valence-corrected chi connectivity index (χ0v) is 17.1. The maximum Gasteiger partial charge on any atom is 0.255 e. The largest absolute Gasteiger partial charge is 0.354 e. The highest BCUT2D eigenvalue weighted by molar-refractivity contribution is 7.86. The molecule has 6 heteroatoms. The van der Waals surface area contributed by atoms with Crippen molar-refractivity contribution in [1.82, 2.24) is 9.88 Å². The summed E-state index contributed by atoms with van der Waals surface area (Å²) in [5, 5.41) is 0. The lowest BCUT2D eigenvalue weighted by atomic mass is 9.99. The first kappa shape index (κ1) is 19.3. The molecule has 2 aliphatic heterocycles. The van der Waals surface area contributed by atoms with Gasteiger partial charge in [-0.05, 0) is 43.7 Å². The highest BCUT2D eigenvalue weighted by atomic mass is 32.2. The van der Waals surface area contributed by atoms with Gasteiger partial charge >= 0.3 is 0 Å². The molecule has 1 amide bonds. The minimum atomic E-state index is -0.779. The number of aromatic nitrogens is 1. The SMILES string of the molecule is CCC1(CC)CN(c2ccc(C(=O)N3CCC(C)CC3)cn2)CCS1=O. The fourth-order valence-corrected chi connectivity index (χ4v) is 5.76. The third-order valence-corrected chi connectivity index (χ3v) is 8.41. The van der Waals surface area contributed by atoms with Crippen LogP contribution in [0.15, 0.2) is 18.3 Å². The van der Waals surface area contributed by atoms with Crippen LogP contribution in [0.5, 0.6) is 0 Å². The number of carbonyl (C=O) groups excluding carboxylic acids is 1. The zero-order chi connectivity index (χ0) is 18.7. The van der Waals surface area contributed by atoms with Crippen molar-refractivity contribution in [1.29, 1.82) is 0 Å². The molecule has 0 bridgehead atoms. The molecule has 2 fully saturated rings. The van der Waals surface area contributed by atoms with E-state index in [-0.39, 0.29) is 10.7 Å². The molecule has 3 rings (SSSR count). The summed E-state index contributed by atoms with van der Waals surface area (Å²) in [4.78, 5) is 21.4. The number of rotatable bonds is 4. The Kier molecular flexibility index (Phi) is 6.00. The first-order valence-corrected chi connectivity index (χ1v) is 11.2. The average Bonchev–Trinajstić information content (AvgIpc) is 2.69. The molecule has 0 aromatic carbocycles. The Morgan fingerprint density at radius 2 is 1.92 bits per heavy atom. The van der Waals surface area contributed by atoms with Crippen LogP contribution in [-0.2, 0) is 10.8 Å². The van der Waals surface area contributed by atoms with Gasteiger partial charge in [0.2, 0.25) is 0 Å². The van der Waals surface area contributed by atoms with Crippen molar-refractivity contribution in [3.05, 3.63) is 23.9 Å². The number of hydrogen-bond acceptors (Lipinski definition) is 4. The summed E-state index contributed by atoms with van der Waals surface area (Å²) in [6.45, 7) is 9.72. The second kappa shape index (κ2) is 8.07. The zero-order valence-electron chi connectivity index (χ0n) is 16.2. The van der Waals surface area contributed by atoms with Crippen molar-refractivity contribution >= 4 is 22.5 Å². The van der Waals surface area contributed by atoms with Crippen molar-refractivity contribution in [3.8, 4) is 0 Å². The Labute approximate surface area is 159 Å². The van der Waals surface area contributed by atoms with Crippen LogP contribution < -0.4 is 4.90 Å². The van der Waals surface area contributed by atoms with Crippen LogP contribution in [0, 0.1) is 5.92 Å². The Balaban J connectivity index is 1.69. The van der Waals surface area contributed by atoms with Gasteiger partial charge in [-0.1, -0.05) is 20.8 Å². The number of carbonyl (C=O) groups is 1. The van der Waals surface area contributed by atoms with E-state index in [1.54, 1.807) is 6.20 Å². The van der Waals surface area contributed by atoms with Gasteiger partial charge in [0.15, 0.2) is 0 Å². The van der Waals surface area contributed by atoms with Crippen LogP contribution >= 0.6 is 0 Å². The van der Waals surface area contributed by atoms with E-state index in [4.69, 9.17) is 0 Å². The van der Waals surface area contributed by atoms with Gasteiger partial charge in [0.1, 0.15) is 5.82 Å². The maximum absolute atomic E-state index is 12.7. The molecule has 0 aliphatic carbocycles. The maximum atomic E-state index is 12.7. The molecule has 0 saturated carbocycles. The molecule has 0 N–H and O–H groups in total. The number of hydrogen-bond donors (Lipinski definition) is 0. The van der Waals surface area contributed by atoms with E-state index in [2.05, 4.69) is 30.7 Å². The van der Waals surface area contributed by atoms with Crippen LogP contribution in [0.2, 0.25) is 0 Å². The molecule has 3 heterocycles. The van der Waals surface area contributed by atoms with Crippen LogP contribution in [0.4, 0.5) is 5.82 Å². The molecule has 2 aliphatic rings. The summed E-state index contributed by atoms with van der Waals surface area (Å²) in [5.41, 5.74) is 0.668. The first-order chi connectivity index (χ1) is 12.5. The lowest BCUT2D eigenvalue weighted by molar-refractivity contribution is 0.0697. The molecule has 1 unspecified atom stereocenters. The standard InChI is InChI=1S/C20H31N3O2S/c1-4-20(5-2)15-23(12-13-26(20)25)18-7-6-17(14-21-18)19(24)22-10-8-16(3)9-11-22/h6-7,14,16H,4-5,8-13,15H2,1-3H3. The summed E-state index contributed by atoms with van der Waals surface area (Å²) in [7, 11) is -0.779. The normalized spacial score (nSPS) is 23.9. The van der Waals surface area contributed by atoms with E-state index in [0.29, 0.717) is 17.2 Å². The lowest BCUT2D eigenvalue weighted by Crippen LogP contribution is -2.53. The predicted molar refractivity (Wildman–Crippen MR) is 107 cm³/mol. The second-order valence-corrected chi connectivity index (χ2v) is 9.71. The van der Waals surface area contributed by atoms with E-state index < -0.39 is 10.8 Å². The molecule has 26 heavy (non-hydrogen) atoms. The first-order valence-electron chi connectivity index (χ1n) is 9.88. The van der Waals surface area contributed by atoms with Gasteiger partial charge in [-0.15, -0.1) is 0 Å². The van der Waals surface area contributed by atoms with Gasteiger partial charge < -0.3 is 9.80 Å². The highest BCUT2D eigenvalue weighted by Gasteiger charge is 2.39. The minimum absolute atomic E-state index is 0.0900. The third-order valence-electron chi connectivity index (χ3n) is 6.19. The van der Waals surface area contributed by atoms with E-state index in [1.165, 1.54) is 0 Å². The summed E-state index contributed by atoms with van der Waals surface area (Å²) < 4.78 is 12.4. The van der Waals surface area contributed by atoms with Crippen molar-refractivity contribution in [2.75, 3.05) is 36.8 Å². The summed E-state index contributed by atoms with van der Waals surface area (Å²) in [5.74, 6) is 2.38. The Bertz CT molecular complexity index is 650. The van der Waals surface area contributed by atoms with Crippen LogP contribution in [0.1, 0.15) is 56.8 Å². The Hall–Kier alpha value is -1.43. The van der Waals surface area contributed by atoms with Crippen molar-refractivity contribution < 1.29 is 9.00 Å². The smallest absolute Gasteiger partial charge is 0.255 e. The second-order valence-electron chi connectivity index (χ2n) is 7.74. The van der Waals surface area contributed by atoms with Crippen LogP contribution in [0.3, 0.4) is 0 Å². The fraction of sp³-hybridized carbons (Fsp3) is 0.700. The monoisotopic (exact) mass is 377 g/mol. The summed E-state index contributed by atoms with van der Waals surface area (Å²) in [6.07, 6.45) is 5.70. The van der Waals surface area contributed by atoms with Crippen LogP contribution in [-0.4, -0.2) is 56.7 Å². The Morgan fingerprint density at radius 1 is 1.23 bits per heavy atom. The van der Waals surface area contributed by atoms with Gasteiger partial charge in [0.05, 0.1) is 10.3 Å².